The zero-order chi connectivity index (χ0) is 19.3. The molecule has 2 aromatic rings. The lowest BCUT2D eigenvalue weighted by Crippen LogP contribution is -2.41. The minimum Gasteiger partial charge on any atom is -0.492 e. The van der Waals surface area contributed by atoms with Crippen LogP contribution in [0.3, 0.4) is 0 Å². The summed E-state index contributed by atoms with van der Waals surface area (Å²) in [7, 11) is 7.55. The number of carbonyl (C=O) groups is 1. The van der Waals surface area contributed by atoms with Crippen LogP contribution in [-0.4, -0.2) is 52.1 Å². The van der Waals surface area contributed by atoms with E-state index in [-0.39, 0.29) is 5.78 Å². The number of allylic oxidation sites excluding steroid dienone is 2. The topological polar surface area (TPSA) is 76.1 Å². The molecule has 1 aromatic carbocycles. The van der Waals surface area contributed by atoms with Gasteiger partial charge in [0, 0.05) is 42.3 Å². The molecule has 0 N–H and O–H groups in total. The van der Waals surface area contributed by atoms with Crippen LogP contribution in [0, 0.1) is 0 Å². The lowest BCUT2D eigenvalue weighted by molar-refractivity contribution is -0.180. The molecule has 0 saturated heterocycles. The molecule has 0 bridgehead atoms. The van der Waals surface area contributed by atoms with Crippen LogP contribution in [0.5, 0.6) is 17.2 Å². The monoisotopic (exact) mass is 369 g/mol. The fraction of sp³-hybridized carbons (Fsp3) is 0.300. The number of carbonyl (C=O) groups excluding carboxylic acids is 1. The average molecular weight is 369 g/mol. The number of ketones is 1. The van der Waals surface area contributed by atoms with Gasteiger partial charge in [0.2, 0.25) is 11.5 Å². The number of fused-ring (bicyclic) bond motifs is 3. The van der Waals surface area contributed by atoms with Gasteiger partial charge < -0.3 is 23.7 Å². The molecule has 0 saturated carbocycles. The molecule has 7 heteroatoms. The molecule has 0 amide bonds. The van der Waals surface area contributed by atoms with Crippen molar-refractivity contribution in [1.82, 2.24) is 4.98 Å². The molecule has 140 valence electrons. The van der Waals surface area contributed by atoms with Crippen LogP contribution in [0.2, 0.25) is 0 Å². The van der Waals surface area contributed by atoms with E-state index in [0.29, 0.717) is 28.5 Å². The second kappa shape index (κ2) is 6.07. The third kappa shape index (κ3) is 2.09. The van der Waals surface area contributed by atoms with Gasteiger partial charge in [0.1, 0.15) is 0 Å². The number of ether oxygens (including phenoxy) is 5. The fourth-order valence-corrected chi connectivity index (χ4v) is 3.85. The van der Waals surface area contributed by atoms with Gasteiger partial charge in [0.15, 0.2) is 11.5 Å². The quantitative estimate of drug-likeness (QED) is 0.750. The van der Waals surface area contributed by atoms with Crippen LogP contribution in [0.15, 0.2) is 24.4 Å². The van der Waals surface area contributed by atoms with Gasteiger partial charge in [0.25, 0.3) is 5.79 Å². The average Bonchev–Trinajstić information content (AvgIpc) is 3.01. The number of rotatable bonds is 5. The second-order valence-corrected chi connectivity index (χ2v) is 6.11. The summed E-state index contributed by atoms with van der Waals surface area (Å²) >= 11 is 0. The highest BCUT2D eigenvalue weighted by Crippen LogP contribution is 2.57. The maximum Gasteiger partial charge on any atom is 0.253 e. The van der Waals surface area contributed by atoms with E-state index in [1.807, 2.05) is 6.07 Å². The number of nitrogens with zero attached hydrogens (tertiary/aromatic N) is 1. The van der Waals surface area contributed by atoms with Gasteiger partial charge in [-0.25, -0.2) is 0 Å². The van der Waals surface area contributed by atoms with Gasteiger partial charge in [-0.2, -0.15) is 0 Å². The largest absolute Gasteiger partial charge is 0.492 e. The maximum atomic E-state index is 12.7. The van der Waals surface area contributed by atoms with E-state index >= 15 is 0 Å². The summed E-state index contributed by atoms with van der Waals surface area (Å²) in [5, 5.41) is 1.65. The Balaban J connectivity index is 2.17. The van der Waals surface area contributed by atoms with Crippen LogP contribution in [-0.2, 0) is 14.3 Å². The number of hydrogen-bond donors (Lipinski definition) is 0. The van der Waals surface area contributed by atoms with Crippen LogP contribution >= 0.6 is 0 Å². The Hall–Kier alpha value is -2.90. The normalized spacial score (nSPS) is 16.7. The molecule has 7 nitrogen and oxygen atoms in total. The maximum absolute atomic E-state index is 12.7. The van der Waals surface area contributed by atoms with Crippen LogP contribution in [0.1, 0.15) is 11.3 Å². The predicted molar refractivity (Wildman–Crippen MR) is 99.1 cm³/mol. The van der Waals surface area contributed by atoms with E-state index < -0.39 is 5.79 Å². The predicted octanol–water partition coefficient (Wildman–Crippen LogP) is 2.61. The highest BCUT2D eigenvalue weighted by molar-refractivity contribution is 6.29. The van der Waals surface area contributed by atoms with Gasteiger partial charge in [-0.15, -0.1) is 0 Å². The van der Waals surface area contributed by atoms with Gasteiger partial charge in [-0.05, 0) is 23.8 Å². The number of methoxy groups -OCH3 is 5. The molecule has 1 aromatic heterocycles. The van der Waals surface area contributed by atoms with Crippen molar-refractivity contribution in [3.63, 3.8) is 0 Å². The Labute approximate surface area is 156 Å². The van der Waals surface area contributed by atoms with Crippen molar-refractivity contribution >= 4 is 27.7 Å². The summed E-state index contributed by atoms with van der Waals surface area (Å²) in [6.07, 6.45) is 4.84. The van der Waals surface area contributed by atoms with E-state index in [9.17, 15) is 4.79 Å². The van der Waals surface area contributed by atoms with E-state index in [1.165, 1.54) is 20.3 Å². The highest BCUT2D eigenvalue weighted by Gasteiger charge is 2.44. The molecule has 2 aliphatic rings. The standard InChI is InChI=1S/C20H19NO6/c1-23-17-10-6-7-21-16-11-8-13(22)20(26-4,27-5)9-12(11)15(14(10)16)18(24-2)19(17)25-3/h6-9H,1-5H3. The first-order chi connectivity index (χ1) is 13.1. The van der Waals surface area contributed by atoms with Crippen LogP contribution < -0.4 is 14.2 Å². The molecule has 0 spiro atoms. The SMILES string of the molecule is COc1c(OC)c2c3c(nccc3c1OC)C1=CC(=O)C(OC)(OC)C=C12. The Morgan fingerprint density at radius 1 is 0.889 bits per heavy atom. The summed E-state index contributed by atoms with van der Waals surface area (Å²) in [6.45, 7) is 0. The first-order valence-corrected chi connectivity index (χ1v) is 8.27. The molecule has 0 fully saturated rings. The summed E-state index contributed by atoms with van der Waals surface area (Å²) in [5.74, 6) is -0.283. The van der Waals surface area contributed by atoms with Crippen molar-refractivity contribution in [3.05, 3.63) is 35.7 Å². The van der Waals surface area contributed by atoms with Crippen LogP contribution in [0.4, 0.5) is 0 Å². The lowest BCUT2D eigenvalue weighted by Gasteiger charge is -2.29. The molecular weight excluding hydrogens is 350 g/mol. The highest BCUT2D eigenvalue weighted by atomic mass is 16.7. The molecule has 2 aliphatic carbocycles. The molecule has 0 atom stereocenters. The summed E-state index contributed by atoms with van der Waals surface area (Å²) in [4.78, 5) is 17.2. The third-order valence-corrected chi connectivity index (χ3v) is 5.07. The van der Waals surface area contributed by atoms with Crippen molar-refractivity contribution < 1.29 is 28.5 Å². The summed E-state index contributed by atoms with van der Waals surface area (Å²) in [6, 6.07) is 1.85. The zero-order valence-electron chi connectivity index (χ0n) is 15.7. The molecule has 0 unspecified atom stereocenters. The number of pyridine rings is 1. The molecule has 0 aliphatic heterocycles. The Bertz CT molecular complexity index is 1030. The zero-order valence-corrected chi connectivity index (χ0v) is 15.7. The van der Waals surface area contributed by atoms with Gasteiger partial charge in [-0.3, -0.25) is 9.78 Å². The van der Waals surface area contributed by atoms with E-state index in [0.717, 1.165) is 21.9 Å². The molecular formula is C20H19NO6. The van der Waals surface area contributed by atoms with Crippen molar-refractivity contribution in [1.29, 1.82) is 0 Å². The van der Waals surface area contributed by atoms with Crippen molar-refractivity contribution in [3.8, 4) is 17.2 Å². The molecule has 1 heterocycles. The molecule has 4 rings (SSSR count). The van der Waals surface area contributed by atoms with Crippen molar-refractivity contribution in [2.75, 3.05) is 35.5 Å². The first-order valence-electron chi connectivity index (χ1n) is 8.27. The van der Waals surface area contributed by atoms with Gasteiger partial charge >= 0.3 is 0 Å². The van der Waals surface area contributed by atoms with Crippen LogP contribution in [0.25, 0.3) is 21.9 Å². The number of aromatic nitrogens is 1. The Kier molecular flexibility index (Phi) is 3.94. The lowest BCUT2D eigenvalue weighted by atomic mass is 9.91. The van der Waals surface area contributed by atoms with Gasteiger partial charge in [-0.1, -0.05) is 0 Å². The van der Waals surface area contributed by atoms with E-state index in [2.05, 4.69) is 4.98 Å². The second-order valence-electron chi connectivity index (χ2n) is 6.11. The van der Waals surface area contributed by atoms with E-state index in [1.54, 1.807) is 33.6 Å². The molecule has 0 radical (unpaired) electrons. The Morgan fingerprint density at radius 2 is 1.56 bits per heavy atom. The number of benzene rings is 1. The van der Waals surface area contributed by atoms with Gasteiger partial charge in [0.05, 0.1) is 27.0 Å². The summed E-state index contributed by atoms with van der Waals surface area (Å²) < 4.78 is 27.7. The minimum atomic E-state index is -1.49. The fourth-order valence-electron chi connectivity index (χ4n) is 3.85. The first kappa shape index (κ1) is 17.5. The Morgan fingerprint density at radius 3 is 2.15 bits per heavy atom. The third-order valence-electron chi connectivity index (χ3n) is 5.07. The van der Waals surface area contributed by atoms with E-state index in [4.69, 9.17) is 23.7 Å². The minimum absolute atomic E-state index is 0.309. The van der Waals surface area contributed by atoms with Crippen molar-refractivity contribution in [2.45, 2.75) is 5.79 Å². The smallest absolute Gasteiger partial charge is 0.253 e. The van der Waals surface area contributed by atoms with Crippen molar-refractivity contribution in [2.24, 2.45) is 0 Å². The number of hydrogen-bond acceptors (Lipinski definition) is 7. The molecule has 27 heavy (non-hydrogen) atoms. The summed E-state index contributed by atoms with van der Waals surface area (Å²) in [5.41, 5.74) is 2.89.